The molecule has 0 radical (unpaired) electrons. The van der Waals surface area contributed by atoms with E-state index < -0.39 is 12.2 Å². The van der Waals surface area contributed by atoms with E-state index in [1.165, 1.54) is 0 Å². The molecule has 4 aromatic carbocycles. The number of fused-ring (bicyclic) bond motifs is 3. The van der Waals surface area contributed by atoms with E-state index in [0.29, 0.717) is 68.1 Å². The van der Waals surface area contributed by atoms with Crippen molar-refractivity contribution >= 4 is 21.8 Å². The lowest BCUT2D eigenvalue weighted by Gasteiger charge is -2.27. The number of aliphatic hydroxyl groups is 2. The van der Waals surface area contributed by atoms with E-state index in [-0.39, 0.29) is 13.2 Å². The van der Waals surface area contributed by atoms with E-state index in [9.17, 15) is 10.2 Å². The lowest BCUT2D eigenvalue weighted by atomic mass is 10.1. The molecule has 2 atom stereocenters. The van der Waals surface area contributed by atoms with Gasteiger partial charge in [0.15, 0.2) is 23.0 Å². The topological polar surface area (TPSA) is 118 Å². The molecule has 10 heteroatoms. The Labute approximate surface area is 269 Å². The number of para-hydroxylation sites is 5. The van der Waals surface area contributed by atoms with Gasteiger partial charge in [0.2, 0.25) is 0 Å². The van der Waals surface area contributed by atoms with Gasteiger partial charge in [-0.2, -0.15) is 0 Å². The number of ether oxygens (including phenoxy) is 5. The molecule has 46 heavy (non-hydrogen) atoms. The number of H-pyrrole nitrogens is 1. The number of aromatic amines is 1. The number of methoxy groups -OCH3 is 2. The lowest BCUT2D eigenvalue weighted by molar-refractivity contribution is 0.0403. The number of hydrogen-bond donors (Lipinski definition) is 4. The fraction of sp³-hybridized carbons (Fsp3) is 0.333. The smallest absolute Gasteiger partial charge is 0.161 e. The second-order valence-electron chi connectivity index (χ2n) is 10.9. The molecule has 1 aromatic heterocycles. The highest BCUT2D eigenvalue weighted by molar-refractivity contribution is 6.10. The van der Waals surface area contributed by atoms with Gasteiger partial charge in [0.05, 0.1) is 25.8 Å². The molecule has 0 aliphatic rings. The van der Waals surface area contributed by atoms with E-state index >= 15 is 0 Å². The maximum atomic E-state index is 11.1. The third kappa shape index (κ3) is 8.82. The first-order chi connectivity index (χ1) is 22.6. The van der Waals surface area contributed by atoms with Crippen molar-refractivity contribution in [1.29, 1.82) is 0 Å². The van der Waals surface area contributed by atoms with Crippen molar-refractivity contribution in [2.45, 2.75) is 12.2 Å². The van der Waals surface area contributed by atoms with Crippen LogP contribution in [0.25, 0.3) is 21.8 Å². The summed E-state index contributed by atoms with van der Waals surface area (Å²) in [5.74, 6) is 3.34. The molecule has 0 saturated heterocycles. The van der Waals surface area contributed by atoms with Gasteiger partial charge in [-0.15, -0.1) is 0 Å². The summed E-state index contributed by atoms with van der Waals surface area (Å²) in [5.41, 5.74) is 2.01. The van der Waals surface area contributed by atoms with Gasteiger partial charge in [0.25, 0.3) is 0 Å². The third-order valence-electron chi connectivity index (χ3n) is 7.58. The summed E-state index contributed by atoms with van der Waals surface area (Å²) in [4.78, 5) is 5.40. The molecule has 5 rings (SSSR count). The van der Waals surface area contributed by atoms with Gasteiger partial charge >= 0.3 is 0 Å². The predicted octanol–water partition coefficient (Wildman–Crippen LogP) is 4.49. The SMILES string of the molecule is COc1ccccc1OCCNC[C@@H](O)CN(CCOc1ccccc1OC)C[C@H](O)COc1cccc2[nH]c3ccccc3c12. The van der Waals surface area contributed by atoms with E-state index in [1.807, 2.05) is 89.8 Å². The Morgan fingerprint density at radius 2 is 1.24 bits per heavy atom. The molecule has 0 spiro atoms. The average Bonchev–Trinajstić information content (AvgIpc) is 3.47. The fourth-order valence-corrected chi connectivity index (χ4v) is 5.41. The van der Waals surface area contributed by atoms with Crippen LogP contribution >= 0.6 is 0 Å². The first kappa shape index (κ1) is 32.9. The monoisotopic (exact) mass is 629 g/mol. The normalized spacial score (nSPS) is 12.7. The standard InChI is InChI=1S/C36H43N3O7/c1-42-31-13-5-7-15-33(31)44-20-18-37-22-26(40)23-39(19-21-45-34-16-8-6-14-32(34)43-2)24-27(41)25-46-35-17-9-12-30-36(35)28-10-3-4-11-29(28)38-30/h3-17,26-27,37-38,40-41H,18-25H2,1-2H3/t26-,27+/m1/s1. The maximum Gasteiger partial charge on any atom is 0.161 e. The Morgan fingerprint density at radius 3 is 1.96 bits per heavy atom. The van der Waals surface area contributed by atoms with E-state index in [0.717, 1.165) is 21.8 Å². The van der Waals surface area contributed by atoms with E-state index in [1.54, 1.807) is 14.2 Å². The molecule has 4 N–H and O–H groups in total. The van der Waals surface area contributed by atoms with Crippen molar-refractivity contribution < 1.29 is 33.9 Å². The van der Waals surface area contributed by atoms with Crippen LogP contribution in [0.5, 0.6) is 28.7 Å². The molecule has 0 fully saturated rings. The van der Waals surface area contributed by atoms with Crippen molar-refractivity contribution in [2.75, 3.05) is 66.8 Å². The van der Waals surface area contributed by atoms with Gasteiger partial charge in [0.1, 0.15) is 31.7 Å². The fourth-order valence-electron chi connectivity index (χ4n) is 5.41. The minimum absolute atomic E-state index is 0.0944. The van der Waals surface area contributed by atoms with Gasteiger partial charge in [-0.05, 0) is 42.5 Å². The molecule has 0 amide bonds. The van der Waals surface area contributed by atoms with Gasteiger partial charge < -0.3 is 44.2 Å². The molecule has 0 aliphatic heterocycles. The minimum atomic E-state index is -0.805. The van der Waals surface area contributed by atoms with Gasteiger partial charge in [-0.1, -0.05) is 48.5 Å². The number of aromatic nitrogens is 1. The highest BCUT2D eigenvalue weighted by Gasteiger charge is 2.18. The molecular weight excluding hydrogens is 586 g/mol. The minimum Gasteiger partial charge on any atom is -0.493 e. The van der Waals surface area contributed by atoms with Crippen molar-refractivity contribution in [1.82, 2.24) is 15.2 Å². The molecule has 1 heterocycles. The van der Waals surface area contributed by atoms with Gasteiger partial charge in [0, 0.05) is 49.0 Å². The summed E-state index contributed by atoms with van der Waals surface area (Å²) >= 11 is 0. The zero-order valence-electron chi connectivity index (χ0n) is 26.4. The van der Waals surface area contributed by atoms with Gasteiger partial charge in [-0.3, -0.25) is 4.90 Å². The Hall–Kier alpha value is -4.48. The number of nitrogens with zero attached hydrogens (tertiary/aromatic N) is 1. The summed E-state index contributed by atoms with van der Waals surface area (Å²) in [6, 6.07) is 28.9. The van der Waals surface area contributed by atoms with Crippen LogP contribution in [-0.4, -0.2) is 99.1 Å². The first-order valence-corrected chi connectivity index (χ1v) is 15.5. The maximum absolute atomic E-state index is 11.1. The number of benzene rings is 4. The van der Waals surface area contributed by atoms with Crippen LogP contribution in [-0.2, 0) is 0 Å². The number of hydrogen-bond acceptors (Lipinski definition) is 9. The zero-order valence-corrected chi connectivity index (χ0v) is 26.4. The molecule has 0 unspecified atom stereocenters. The molecule has 244 valence electrons. The van der Waals surface area contributed by atoms with Crippen molar-refractivity contribution in [3.63, 3.8) is 0 Å². The molecule has 0 aliphatic carbocycles. The first-order valence-electron chi connectivity index (χ1n) is 15.5. The summed E-state index contributed by atoms with van der Waals surface area (Å²) in [6.07, 6.45) is -1.49. The number of nitrogens with one attached hydrogen (secondary N) is 2. The van der Waals surface area contributed by atoms with Crippen LogP contribution < -0.4 is 29.0 Å². The summed E-state index contributed by atoms with van der Waals surface area (Å²) in [7, 11) is 3.21. The van der Waals surface area contributed by atoms with Gasteiger partial charge in [-0.25, -0.2) is 0 Å². The quantitative estimate of drug-likeness (QED) is 0.0981. The van der Waals surface area contributed by atoms with Crippen LogP contribution in [0.3, 0.4) is 0 Å². The predicted molar refractivity (Wildman–Crippen MR) is 180 cm³/mol. The number of aliphatic hydroxyl groups excluding tert-OH is 2. The number of rotatable bonds is 19. The molecule has 0 saturated carbocycles. The van der Waals surface area contributed by atoms with E-state index in [2.05, 4.69) is 16.4 Å². The van der Waals surface area contributed by atoms with Crippen molar-refractivity contribution in [3.8, 4) is 28.7 Å². The van der Waals surface area contributed by atoms with Crippen LogP contribution in [0.2, 0.25) is 0 Å². The average molecular weight is 630 g/mol. The summed E-state index contributed by atoms with van der Waals surface area (Å²) in [5, 5.41) is 27.3. The van der Waals surface area contributed by atoms with Crippen LogP contribution in [0.1, 0.15) is 0 Å². The lowest BCUT2D eigenvalue weighted by Crippen LogP contribution is -2.44. The van der Waals surface area contributed by atoms with Crippen LogP contribution in [0.15, 0.2) is 91.0 Å². The molecule has 0 bridgehead atoms. The molecular formula is C36H43N3O7. The Morgan fingerprint density at radius 1 is 0.652 bits per heavy atom. The second-order valence-corrected chi connectivity index (χ2v) is 10.9. The van der Waals surface area contributed by atoms with E-state index in [4.69, 9.17) is 23.7 Å². The Balaban J connectivity index is 1.15. The zero-order chi connectivity index (χ0) is 32.1. The third-order valence-corrected chi connectivity index (χ3v) is 7.58. The van der Waals surface area contributed by atoms with Crippen molar-refractivity contribution in [3.05, 3.63) is 91.0 Å². The molecule has 5 aromatic rings. The Kier molecular flexibility index (Phi) is 12.0. The summed E-state index contributed by atoms with van der Waals surface area (Å²) in [6.45, 7) is 2.84. The van der Waals surface area contributed by atoms with Crippen LogP contribution in [0, 0.1) is 0 Å². The Bertz CT molecular complexity index is 1660. The highest BCUT2D eigenvalue weighted by Crippen LogP contribution is 2.33. The highest BCUT2D eigenvalue weighted by atomic mass is 16.5. The molecule has 10 nitrogen and oxygen atoms in total. The summed E-state index contributed by atoms with van der Waals surface area (Å²) < 4.78 is 28.7. The largest absolute Gasteiger partial charge is 0.493 e. The van der Waals surface area contributed by atoms with Crippen molar-refractivity contribution in [2.24, 2.45) is 0 Å². The second kappa shape index (κ2) is 16.7. The van der Waals surface area contributed by atoms with Crippen LogP contribution in [0.4, 0.5) is 0 Å².